The second kappa shape index (κ2) is 7.78. The first-order valence-electron chi connectivity index (χ1n) is 8.50. The van der Waals surface area contributed by atoms with Gasteiger partial charge < -0.3 is 14.8 Å². The van der Waals surface area contributed by atoms with Gasteiger partial charge in [0, 0.05) is 45.3 Å². The van der Waals surface area contributed by atoms with Crippen LogP contribution in [0.5, 0.6) is 0 Å². The number of rotatable bonds is 4. The first kappa shape index (κ1) is 17.6. The lowest BCUT2D eigenvalue weighted by atomic mass is 9.96. The fraction of sp³-hybridized carbons (Fsp3) is 0.389. The number of piperidine rings is 1. The van der Waals surface area contributed by atoms with E-state index in [1.54, 1.807) is 25.5 Å². The highest BCUT2D eigenvalue weighted by molar-refractivity contribution is 5.93. The molecule has 0 radical (unpaired) electrons. The van der Waals surface area contributed by atoms with E-state index >= 15 is 0 Å². The van der Waals surface area contributed by atoms with Crippen molar-refractivity contribution in [3.63, 3.8) is 0 Å². The zero-order chi connectivity index (χ0) is 18.5. The molecule has 0 aliphatic carbocycles. The van der Waals surface area contributed by atoms with E-state index in [2.05, 4.69) is 26.3 Å². The van der Waals surface area contributed by atoms with E-state index in [1.807, 2.05) is 0 Å². The largest absolute Gasteiger partial charge is 0.354 e. The molecule has 1 N–H and O–H groups in total. The molecule has 8 heteroatoms. The maximum absolute atomic E-state index is 12.2. The summed E-state index contributed by atoms with van der Waals surface area (Å²) in [6, 6.07) is 5.29. The number of anilines is 1. The van der Waals surface area contributed by atoms with Crippen molar-refractivity contribution in [3.05, 3.63) is 52.3 Å². The van der Waals surface area contributed by atoms with Crippen LogP contribution in [-0.4, -0.2) is 40.1 Å². The third-order valence-corrected chi connectivity index (χ3v) is 4.62. The number of pyridine rings is 1. The zero-order valence-corrected chi connectivity index (χ0v) is 14.6. The maximum Gasteiger partial charge on any atom is 0.263 e. The van der Waals surface area contributed by atoms with Crippen molar-refractivity contribution in [2.24, 2.45) is 13.0 Å². The fourth-order valence-electron chi connectivity index (χ4n) is 3.09. The Hall–Kier alpha value is -3.21. The number of aryl methyl sites for hydroxylation is 1. The molecule has 26 heavy (non-hydrogen) atoms. The highest BCUT2D eigenvalue weighted by Gasteiger charge is 2.23. The Morgan fingerprint density at radius 2 is 2.08 bits per heavy atom. The van der Waals surface area contributed by atoms with Crippen molar-refractivity contribution in [2.75, 3.05) is 24.5 Å². The molecule has 3 rings (SSSR count). The average molecular weight is 352 g/mol. The lowest BCUT2D eigenvalue weighted by molar-refractivity contribution is 0.0943. The molecule has 1 fully saturated rings. The first-order chi connectivity index (χ1) is 12.6. The summed E-state index contributed by atoms with van der Waals surface area (Å²) in [5.41, 5.74) is 0.191. The van der Waals surface area contributed by atoms with Gasteiger partial charge in [0.25, 0.3) is 11.5 Å². The number of nitrogens with one attached hydrogen (secondary N) is 1. The van der Waals surface area contributed by atoms with Gasteiger partial charge in [0.2, 0.25) is 0 Å². The van der Waals surface area contributed by atoms with Gasteiger partial charge in [-0.3, -0.25) is 9.59 Å². The van der Waals surface area contributed by atoms with Gasteiger partial charge in [-0.1, -0.05) is 0 Å². The summed E-state index contributed by atoms with van der Waals surface area (Å²) in [5.74, 6) is 0.601. The van der Waals surface area contributed by atoms with E-state index in [9.17, 15) is 9.59 Å². The van der Waals surface area contributed by atoms with Crippen molar-refractivity contribution in [3.8, 4) is 6.07 Å². The smallest absolute Gasteiger partial charge is 0.263 e. The van der Waals surface area contributed by atoms with Gasteiger partial charge in [-0.05, 0) is 30.9 Å². The molecule has 1 saturated heterocycles. The summed E-state index contributed by atoms with van der Waals surface area (Å²) in [5, 5.41) is 12.0. The van der Waals surface area contributed by atoms with Crippen molar-refractivity contribution in [1.29, 1.82) is 5.26 Å². The predicted octanol–water partition coefficient (Wildman–Crippen LogP) is 0.693. The molecular weight excluding hydrogens is 332 g/mol. The topological polar surface area (TPSA) is 104 Å². The van der Waals surface area contributed by atoms with E-state index in [1.165, 1.54) is 16.8 Å². The Morgan fingerprint density at radius 1 is 1.35 bits per heavy atom. The predicted molar refractivity (Wildman–Crippen MR) is 95.7 cm³/mol. The van der Waals surface area contributed by atoms with Gasteiger partial charge in [-0.2, -0.15) is 5.26 Å². The van der Waals surface area contributed by atoms with Crippen LogP contribution in [0.4, 0.5) is 5.82 Å². The minimum absolute atomic E-state index is 0.158. The van der Waals surface area contributed by atoms with Crippen LogP contribution in [0.2, 0.25) is 0 Å². The summed E-state index contributed by atoms with van der Waals surface area (Å²) < 4.78 is 1.39. The van der Waals surface area contributed by atoms with E-state index in [0.717, 1.165) is 25.9 Å². The fourth-order valence-corrected chi connectivity index (χ4v) is 3.09. The Bertz CT molecular complexity index is 893. The second-order valence-electron chi connectivity index (χ2n) is 6.32. The molecule has 0 unspecified atom stereocenters. The number of hydrogen-bond acceptors (Lipinski definition) is 6. The number of carbonyl (C=O) groups excluding carboxylic acids is 1. The molecule has 2 aromatic rings. The van der Waals surface area contributed by atoms with E-state index in [0.29, 0.717) is 24.0 Å². The summed E-state index contributed by atoms with van der Waals surface area (Å²) >= 11 is 0. The minimum atomic E-state index is -0.339. The van der Waals surface area contributed by atoms with Gasteiger partial charge in [0.05, 0.1) is 0 Å². The number of hydrogen-bond donors (Lipinski definition) is 1. The second-order valence-corrected chi connectivity index (χ2v) is 6.32. The molecule has 1 aliphatic rings. The quantitative estimate of drug-likeness (QED) is 0.868. The van der Waals surface area contributed by atoms with Crippen LogP contribution in [0.25, 0.3) is 0 Å². The molecule has 134 valence electrons. The van der Waals surface area contributed by atoms with Crippen LogP contribution in [0.15, 0.2) is 35.5 Å². The van der Waals surface area contributed by atoms with Gasteiger partial charge in [0.1, 0.15) is 11.6 Å². The van der Waals surface area contributed by atoms with Crippen molar-refractivity contribution in [2.45, 2.75) is 12.8 Å². The van der Waals surface area contributed by atoms with E-state index in [4.69, 9.17) is 5.26 Å². The van der Waals surface area contributed by atoms with Gasteiger partial charge in [-0.15, -0.1) is 0 Å². The molecule has 0 atom stereocenters. The van der Waals surface area contributed by atoms with Crippen LogP contribution < -0.4 is 15.8 Å². The van der Waals surface area contributed by atoms with Crippen LogP contribution in [0.1, 0.15) is 28.9 Å². The van der Waals surface area contributed by atoms with Crippen molar-refractivity contribution in [1.82, 2.24) is 19.9 Å². The normalized spacial score (nSPS) is 14.7. The Balaban J connectivity index is 1.55. The highest BCUT2D eigenvalue weighted by Crippen LogP contribution is 2.22. The van der Waals surface area contributed by atoms with Gasteiger partial charge >= 0.3 is 0 Å². The Labute approximate surface area is 151 Å². The number of carbonyl (C=O) groups is 1. The molecule has 8 nitrogen and oxygen atoms in total. The van der Waals surface area contributed by atoms with Crippen LogP contribution in [0, 0.1) is 17.2 Å². The molecule has 0 spiro atoms. The van der Waals surface area contributed by atoms with Crippen LogP contribution in [-0.2, 0) is 7.05 Å². The SMILES string of the molecule is Cn1cccc(C(=O)NCC2CCN(c3nccnc3C#N)CC2)c1=O. The van der Waals surface area contributed by atoms with Crippen molar-refractivity contribution < 1.29 is 4.79 Å². The minimum Gasteiger partial charge on any atom is -0.354 e. The summed E-state index contributed by atoms with van der Waals surface area (Å²) in [6.07, 6.45) is 6.46. The third-order valence-electron chi connectivity index (χ3n) is 4.62. The molecule has 1 aliphatic heterocycles. The standard InChI is InChI=1S/C18H20N6O2/c1-23-8-2-3-14(18(23)26)17(25)22-12-13-4-9-24(10-5-13)16-15(11-19)20-6-7-21-16/h2-3,6-8,13H,4-5,9-10,12H2,1H3,(H,22,25). The van der Waals surface area contributed by atoms with E-state index < -0.39 is 0 Å². The zero-order valence-electron chi connectivity index (χ0n) is 14.6. The third kappa shape index (κ3) is 3.72. The molecule has 0 saturated carbocycles. The van der Waals surface area contributed by atoms with Crippen LogP contribution >= 0.6 is 0 Å². The molecule has 1 amide bonds. The summed E-state index contributed by atoms with van der Waals surface area (Å²) in [4.78, 5) is 34.6. The lowest BCUT2D eigenvalue weighted by Crippen LogP contribution is -2.40. The number of nitriles is 1. The maximum atomic E-state index is 12.2. The average Bonchev–Trinajstić information content (AvgIpc) is 2.68. The first-order valence-corrected chi connectivity index (χ1v) is 8.50. The molecule has 3 heterocycles. The lowest BCUT2D eigenvalue weighted by Gasteiger charge is -2.32. The monoisotopic (exact) mass is 352 g/mol. The summed E-state index contributed by atoms with van der Waals surface area (Å²) in [6.45, 7) is 2.03. The summed E-state index contributed by atoms with van der Waals surface area (Å²) in [7, 11) is 1.62. The molecule has 0 bridgehead atoms. The van der Waals surface area contributed by atoms with Crippen LogP contribution in [0.3, 0.4) is 0 Å². The highest BCUT2D eigenvalue weighted by atomic mass is 16.2. The van der Waals surface area contributed by atoms with Crippen molar-refractivity contribution >= 4 is 11.7 Å². The van der Waals surface area contributed by atoms with E-state index in [-0.39, 0.29) is 17.0 Å². The Kier molecular flexibility index (Phi) is 5.27. The number of amides is 1. The van der Waals surface area contributed by atoms with Gasteiger partial charge in [-0.25, -0.2) is 9.97 Å². The van der Waals surface area contributed by atoms with Gasteiger partial charge in [0.15, 0.2) is 11.5 Å². The number of aromatic nitrogens is 3. The molecular formula is C18H20N6O2. The number of nitrogens with zero attached hydrogens (tertiary/aromatic N) is 5. The molecule has 2 aromatic heterocycles. The molecule has 0 aromatic carbocycles. The Morgan fingerprint density at radius 3 is 2.81 bits per heavy atom.